The molecular weight excluding hydrogens is 506 g/mol. The van der Waals surface area contributed by atoms with Gasteiger partial charge in [-0.25, -0.2) is 4.79 Å². The number of carboxylic acid groups (broad SMARTS) is 1. The Kier molecular flexibility index (Phi) is 8.57. The number of hydrogen-bond acceptors (Lipinski definition) is 5. The molecule has 40 heavy (non-hydrogen) atoms. The van der Waals surface area contributed by atoms with Crippen LogP contribution in [0.5, 0.6) is 5.75 Å². The monoisotopic (exact) mass is 545 g/mol. The molecule has 1 saturated carbocycles. The number of carboxylic acids is 1. The van der Waals surface area contributed by atoms with E-state index in [1.165, 1.54) is 24.8 Å². The van der Waals surface area contributed by atoms with Gasteiger partial charge in [-0.3, -0.25) is 4.79 Å². The SMILES string of the molecule is CNCCOCCN(C)C(=O)C1=Cc2cc(OC)ccc2-c2c(C3CCCCC3)c3ccc(C(=O)O)cc3n2C1. The first-order valence-electron chi connectivity index (χ1n) is 14.2. The van der Waals surface area contributed by atoms with Gasteiger partial charge in [-0.2, -0.15) is 0 Å². The van der Waals surface area contributed by atoms with E-state index in [9.17, 15) is 14.7 Å². The third kappa shape index (κ3) is 5.51. The number of benzene rings is 2. The van der Waals surface area contributed by atoms with E-state index in [4.69, 9.17) is 9.47 Å². The summed E-state index contributed by atoms with van der Waals surface area (Å²) < 4.78 is 13.4. The lowest BCUT2D eigenvalue weighted by Crippen LogP contribution is -2.32. The maximum Gasteiger partial charge on any atom is 0.335 e. The number of methoxy groups -OCH3 is 1. The molecule has 5 rings (SSSR count). The van der Waals surface area contributed by atoms with Crippen molar-refractivity contribution in [1.29, 1.82) is 0 Å². The van der Waals surface area contributed by atoms with Crippen LogP contribution in [-0.4, -0.2) is 74.0 Å². The summed E-state index contributed by atoms with van der Waals surface area (Å²) in [6.07, 6.45) is 7.79. The summed E-state index contributed by atoms with van der Waals surface area (Å²) in [7, 11) is 5.32. The molecule has 1 amide bonds. The van der Waals surface area contributed by atoms with Crippen molar-refractivity contribution in [2.75, 3.05) is 47.5 Å². The maximum absolute atomic E-state index is 13.8. The molecule has 1 fully saturated rings. The lowest BCUT2D eigenvalue weighted by molar-refractivity contribution is -0.126. The van der Waals surface area contributed by atoms with Crippen LogP contribution < -0.4 is 10.1 Å². The number of nitrogens with zero attached hydrogens (tertiary/aromatic N) is 2. The Morgan fingerprint density at radius 1 is 1.10 bits per heavy atom. The van der Waals surface area contributed by atoms with Gasteiger partial charge < -0.3 is 29.4 Å². The number of carbonyl (C=O) groups is 2. The van der Waals surface area contributed by atoms with Gasteiger partial charge in [0.2, 0.25) is 0 Å². The van der Waals surface area contributed by atoms with Gasteiger partial charge >= 0.3 is 5.97 Å². The zero-order valence-electron chi connectivity index (χ0n) is 23.7. The molecule has 0 bridgehead atoms. The molecule has 3 aromatic rings. The van der Waals surface area contributed by atoms with Crippen LogP contribution in [0.25, 0.3) is 28.2 Å². The van der Waals surface area contributed by atoms with Gasteiger partial charge in [0.25, 0.3) is 5.91 Å². The Bertz CT molecular complexity index is 1430. The maximum atomic E-state index is 13.8. The molecule has 2 aromatic carbocycles. The smallest absolute Gasteiger partial charge is 0.335 e. The highest BCUT2D eigenvalue weighted by Gasteiger charge is 2.31. The zero-order valence-corrected chi connectivity index (χ0v) is 23.7. The third-order valence-electron chi connectivity index (χ3n) is 8.22. The van der Waals surface area contributed by atoms with E-state index < -0.39 is 5.97 Å². The molecule has 2 heterocycles. The molecule has 0 spiro atoms. The number of likely N-dealkylation sites (N-methyl/N-ethyl adjacent to an activating group) is 2. The average Bonchev–Trinajstić information content (AvgIpc) is 3.19. The van der Waals surface area contributed by atoms with E-state index >= 15 is 0 Å². The van der Waals surface area contributed by atoms with Crippen LogP contribution in [0, 0.1) is 0 Å². The fourth-order valence-corrected chi connectivity index (χ4v) is 6.13. The molecule has 8 nitrogen and oxygen atoms in total. The predicted molar refractivity (Wildman–Crippen MR) is 157 cm³/mol. The number of ether oxygens (including phenoxy) is 2. The van der Waals surface area contributed by atoms with Crippen molar-refractivity contribution in [3.63, 3.8) is 0 Å². The number of carbonyl (C=O) groups excluding carboxylic acids is 1. The average molecular weight is 546 g/mol. The summed E-state index contributed by atoms with van der Waals surface area (Å²) in [6.45, 7) is 2.62. The Hall–Kier alpha value is -3.62. The van der Waals surface area contributed by atoms with E-state index in [1.807, 2.05) is 31.3 Å². The minimum absolute atomic E-state index is 0.0747. The van der Waals surface area contributed by atoms with Gasteiger partial charge in [-0.05, 0) is 73.3 Å². The Balaban J connectivity index is 1.64. The first-order chi connectivity index (χ1) is 19.4. The highest BCUT2D eigenvalue weighted by atomic mass is 16.5. The van der Waals surface area contributed by atoms with E-state index in [1.54, 1.807) is 31.2 Å². The number of rotatable bonds is 10. The fourth-order valence-electron chi connectivity index (χ4n) is 6.13. The van der Waals surface area contributed by atoms with Crippen molar-refractivity contribution in [3.8, 4) is 17.0 Å². The molecule has 0 atom stereocenters. The molecule has 2 N–H and O–H groups in total. The van der Waals surface area contributed by atoms with Gasteiger partial charge in [0.1, 0.15) is 5.75 Å². The number of hydrogen-bond donors (Lipinski definition) is 2. The Labute approximate surface area is 235 Å². The van der Waals surface area contributed by atoms with Crippen molar-refractivity contribution in [2.24, 2.45) is 0 Å². The van der Waals surface area contributed by atoms with Crippen LogP contribution in [0.1, 0.15) is 59.5 Å². The fraction of sp³-hybridized carbons (Fsp3) is 0.438. The molecule has 1 aliphatic heterocycles. The summed E-state index contributed by atoms with van der Waals surface area (Å²) >= 11 is 0. The molecule has 2 aliphatic rings. The van der Waals surface area contributed by atoms with Crippen LogP contribution in [0.4, 0.5) is 0 Å². The summed E-state index contributed by atoms with van der Waals surface area (Å²) in [5, 5.41) is 13.9. The standard InChI is InChI=1S/C32H39N3O5/c1-33-13-15-40-16-14-34(2)31(36)24-17-23-18-25(39-3)10-12-26(23)30-29(21-7-5-4-6-8-21)27-11-9-22(32(37)38)19-28(27)35(30)20-24/h9-12,17-19,21,33H,4-8,13-16,20H2,1-3H3,(H,37,38). The molecule has 0 radical (unpaired) electrons. The second-order valence-corrected chi connectivity index (χ2v) is 10.8. The second-order valence-electron chi connectivity index (χ2n) is 10.8. The number of aromatic nitrogens is 1. The van der Waals surface area contributed by atoms with Gasteiger partial charge in [-0.1, -0.05) is 25.3 Å². The molecule has 1 aromatic heterocycles. The van der Waals surface area contributed by atoms with Gasteiger partial charge in [0, 0.05) is 42.2 Å². The van der Waals surface area contributed by atoms with Crippen molar-refractivity contribution in [2.45, 2.75) is 44.6 Å². The second kappa shape index (κ2) is 12.3. The topological polar surface area (TPSA) is 93.0 Å². The molecule has 8 heteroatoms. The highest BCUT2D eigenvalue weighted by molar-refractivity contribution is 6.03. The normalized spacial score (nSPS) is 15.2. The first kappa shape index (κ1) is 27.9. The summed E-state index contributed by atoms with van der Waals surface area (Å²) in [4.78, 5) is 27.5. The minimum atomic E-state index is -0.958. The van der Waals surface area contributed by atoms with Crippen LogP contribution in [0.15, 0.2) is 42.0 Å². The molecule has 0 saturated heterocycles. The quantitative estimate of drug-likeness (QED) is 0.342. The van der Waals surface area contributed by atoms with Gasteiger partial charge in [-0.15, -0.1) is 0 Å². The van der Waals surface area contributed by atoms with Crippen LogP contribution >= 0.6 is 0 Å². The lowest BCUT2D eigenvalue weighted by atomic mass is 9.81. The number of amides is 1. The first-order valence-corrected chi connectivity index (χ1v) is 14.2. The molecular formula is C32H39N3O5. The number of nitrogens with one attached hydrogen (secondary N) is 1. The minimum Gasteiger partial charge on any atom is -0.497 e. The Morgan fingerprint density at radius 2 is 1.90 bits per heavy atom. The molecule has 1 aliphatic carbocycles. The summed E-state index contributed by atoms with van der Waals surface area (Å²) in [5.41, 5.74) is 6.06. The van der Waals surface area contributed by atoms with E-state index in [-0.39, 0.29) is 11.5 Å². The van der Waals surface area contributed by atoms with Crippen molar-refractivity contribution < 1.29 is 24.2 Å². The third-order valence-corrected chi connectivity index (χ3v) is 8.22. The van der Waals surface area contributed by atoms with Crippen LogP contribution in [0.3, 0.4) is 0 Å². The van der Waals surface area contributed by atoms with Crippen molar-refractivity contribution in [1.82, 2.24) is 14.8 Å². The van der Waals surface area contributed by atoms with Gasteiger partial charge in [0.05, 0.1) is 38.1 Å². The summed E-state index contributed by atoms with van der Waals surface area (Å²) in [5.74, 6) is 0.0763. The van der Waals surface area contributed by atoms with Crippen LogP contribution in [-0.2, 0) is 16.1 Å². The van der Waals surface area contributed by atoms with E-state index in [2.05, 4.69) is 16.0 Å². The van der Waals surface area contributed by atoms with E-state index in [0.29, 0.717) is 37.8 Å². The van der Waals surface area contributed by atoms with Gasteiger partial charge in [0.15, 0.2) is 0 Å². The lowest BCUT2D eigenvalue weighted by Gasteiger charge is -2.24. The highest BCUT2D eigenvalue weighted by Crippen LogP contribution is 2.47. The largest absolute Gasteiger partial charge is 0.497 e. The number of fused-ring (bicyclic) bond motifs is 5. The van der Waals surface area contributed by atoms with Crippen molar-refractivity contribution in [3.05, 3.63) is 58.7 Å². The van der Waals surface area contributed by atoms with Crippen molar-refractivity contribution >= 4 is 28.9 Å². The zero-order chi connectivity index (χ0) is 28.2. The van der Waals surface area contributed by atoms with Crippen LogP contribution in [0.2, 0.25) is 0 Å². The number of aromatic carboxylic acids is 1. The van der Waals surface area contributed by atoms with E-state index in [0.717, 1.165) is 52.9 Å². The Morgan fingerprint density at radius 3 is 2.62 bits per heavy atom. The summed E-state index contributed by atoms with van der Waals surface area (Å²) in [6, 6.07) is 11.5. The molecule has 212 valence electrons. The molecule has 0 unspecified atom stereocenters. The predicted octanol–water partition coefficient (Wildman–Crippen LogP) is 5.15.